The summed E-state index contributed by atoms with van der Waals surface area (Å²) in [6.07, 6.45) is 0.748. The van der Waals surface area contributed by atoms with Crippen molar-refractivity contribution in [1.82, 2.24) is 0 Å². The molecule has 0 radical (unpaired) electrons. The summed E-state index contributed by atoms with van der Waals surface area (Å²) in [5, 5.41) is 0. The third kappa shape index (κ3) is 5.04. The number of ether oxygens (including phenoxy) is 3. The Labute approximate surface area is 109 Å². The van der Waals surface area contributed by atoms with E-state index in [0.717, 1.165) is 17.7 Å². The highest BCUT2D eigenvalue weighted by Gasteiger charge is 2.09. The van der Waals surface area contributed by atoms with Crippen LogP contribution in [0.4, 0.5) is 0 Å². The van der Waals surface area contributed by atoms with Gasteiger partial charge in [0, 0.05) is 13.2 Å². The van der Waals surface area contributed by atoms with E-state index >= 15 is 0 Å². The van der Waals surface area contributed by atoms with E-state index in [4.69, 9.17) is 19.9 Å². The summed E-state index contributed by atoms with van der Waals surface area (Å²) in [5.74, 6) is 0.882. The van der Waals surface area contributed by atoms with E-state index in [0.29, 0.717) is 19.8 Å². The van der Waals surface area contributed by atoms with Crippen LogP contribution in [0.3, 0.4) is 0 Å². The number of rotatable bonds is 8. The van der Waals surface area contributed by atoms with Gasteiger partial charge in [0.15, 0.2) is 0 Å². The van der Waals surface area contributed by atoms with Crippen molar-refractivity contribution in [2.45, 2.75) is 19.4 Å². The highest BCUT2D eigenvalue weighted by molar-refractivity contribution is 5.37. The Morgan fingerprint density at radius 2 is 2.00 bits per heavy atom. The van der Waals surface area contributed by atoms with E-state index in [-0.39, 0.29) is 6.04 Å². The lowest BCUT2D eigenvalue weighted by molar-refractivity contribution is 0.0636. The second kappa shape index (κ2) is 8.08. The van der Waals surface area contributed by atoms with E-state index in [1.165, 1.54) is 5.56 Å². The molecule has 18 heavy (non-hydrogen) atoms. The topological polar surface area (TPSA) is 53.7 Å². The highest BCUT2D eigenvalue weighted by Crippen LogP contribution is 2.20. The SMILES string of the molecule is COCCOCC(N)Cc1cc(C)ccc1OC. The number of benzene rings is 1. The van der Waals surface area contributed by atoms with Gasteiger partial charge in [-0.05, 0) is 25.0 Å². The molecule has 1 rings (SSSR count). The van der Waals surface area contributed by atoms with E-state index in [1.54, 1.807) is 14.2 Å². The predicted octanol–water partition coefficient (Wildman–Crippen LogP) is 1.54. The van der Waals surface area contributed by atoms with Gasteiger partial charge in [-0.1, -0.05) is 17.7 Å². The zero-order valence-electron chi connectivity index (χ0n) is 11.4. The molecule has 102 valence electrons. The summed E-state index contributed by atoms with van der Waals surface area (Å²) in [6.45, 7) is 3.76. The minimum atomic E-state index is -0.0300. The average Bonchev–Trinajstić information content (AvgIpc) is 2.35. The van der Waals surface area contributed by atoms with Crippen LogP contribution in [0.2, 0.25) is 0 Å². The monoisotopic (exact) mass is 253 g/mol. The summed E-state index contributed by atoms with van der Waals surface area (Å²) in [5.41, 5.74) is 8.37. The zero-order valence-corrected chi connectivity index (χ0v) is 11.4. The van der Waals surface area contributed by atoms with Crippen LogP contribution in [-0.2, 0) is 15.9 Å². The fraction of sp³-hybridized carbons (Fsp3) is 0.571. The number of aryl methyl sites for hydroxylation is 1. The van der Waals surface area contributed by atoms with Gasteiger partial charge in [-0.3, -0.25) is 0 Å². The van der Waals surface area contributed by atoms with Crippen molar-refractivity contribution in [2.24, 2.45) is 5.73 Å². The maximum absolute atomic E-state index is 6.04. The minimum Gasteiger partial charge on any atom is -0.496 e. The average molecular weight is 253 g/mol. The summed E-state index contributed by atoms with van der Waals surface area (Å²) in [6, 6.07) is 6.08. The normalized spacial score (nSPS) is 12.4. The maximum atomic E-state index is 6.04. The van der Waals surface area contributed by atoms with Gasteiger partial charge in [0.05, 0.1) is 26.9 Å². The van der Waals surface area contributed by atoms with Crippen molar-refractivity contribution in [2.75, 3.05) is 34.0 Å². The molecule has 0 amide bonds. The highest BCUT2D eigenvalue weighted by atomic mass is 16.5. The van der Waals surface area contributed by atoms with Crippen LogP contribution in [-0.4, -0.2) is 40.1 Å². The van der Waals surface area contributed by atoms with Gasteiger partial charge in [0.2, 0.25) is 0 Å². The van der Waals surface area contributed by atoms with Crippen molar-refractivity contribution in [3.05, 3.63) is 29.3 Å². The molecular weight excluding hydrogens is 230 g/mol. The number of nitrogens with two attached hydrogens (primary N) is 1. The van der Waals surface area contributed by atoms with Crippen molar-refractivity contribution in [3.8, 4) is 5.75 Å². The van der Waals surface area contributed by atoms with Crippen molar-refractivity contribution in [1.29, 1.82) is 0 Å². The number of methoxy groups -OCH3 is 2. The van der Waals surface area contributed by atoms with Gasteiger partial charge >= 0.3 is 0 Å². The fourth-order valence-electron chi connectivity index (χ4n) is 1.79. The van der Waals surface area contributed by atoms with Crippen LogP contribution in [0.15, 0.2) is 18.2 Å². The molecule has 0 aromatic heterocycles. The van der Waals surface area contributed by atoms with Crippen molar-refractivity contribution >= 4 is 0 Å². The van der Waals surface area contributed by atoms with Crippen LogP contribution in [0.1, 0.15) is 11.1 Å². The van der Waals surface area contributed by atoms with Crippen LogP contribution in [0.5, 0.6) is 5.75 Å². The van der Waals surface area contributed by atoms with Gasteiger partial charge in [0.1, 0.15) is 5.75 Å². The molecule has 1 aromatic rings. The maximum Gasteiger partial charge on any atom is 0.122 e. The summed E-state index contributed by atoms with van der Waals surface area (Å²) >= 11 is 0. The first kappa shape index (κ1) is 15.0. The Kier molecular flexibility index (Phi) is 6.72. The smallest absolute Gasteiger partial charge is 0.122 e. The van der Waals surface area contributed by atoms with Gasteiger partial charge in [0.25, 0.3) is 0 Å². The molecule has 0 aliphatic carbocycles. The molecule has 4 heteroatoms. The van der Waals surface area contributed by atoms with Crippen LogP contribution in [0.25, 0.3) is 0 Å². The quantitative estimate of drug-likeness (QED) is 0.714. The Morgan fingerprint density at radius 3 is 2.67 bits per heavy atom. The number of hydrogen-bond donors (Lipinski definition) is 1. The second-order valence-electron chi connectivity index (χ2n) is 4.35. The summed E-state index contributed by atoms with van der Waals surface area (Å²) in [7, 11) is 3.33. The minimum absolute atomic E-state index is 0.0300. The Bertz CT molecular complexity index is 355. The second-order valence-corrected chi connectivity index (χ2v) is 4.35. The Hall–Kier alpha value is -1.10. The van der Waals surface area contributed by atoms with E-state index in [1.807, 2.05) is 12.1 Å². The first-order valence-corrected chi connectivity index (χ1v) is 6.13. The van der Waals surface area contributed by atoms with Gasteiger partial charge in [-0.25, -0.2) is 0 Å². The molecule has 0 aliphatic rings. The summed E-state index contributed by atoms with van der Waals surface area (Å²) < 4.78 is 15.7. The van der Waals surface area contributed by atoms with Crippen LogP contribution < -0.4 is 10.5 Å². The molecule has 0 spiro atoms. The third-order valence-corrected chi connectivity index (χ3v) is 2.68. The van der Waals surface area contributed by atoms with Crippen LogP contribution >= 0.6 is 0 Å². The van der Waals surface area contributed by atoms with Gasteiger partial charge in [-0.15, -0.1) is 0 Å². The fourth-order valence-corrected chi connectivity index (χ4v) is 1.79. The Balaban J connectivity index is 2.47. The lowest BCUT2D eigenvalue weighted by Crippen LogP contribution is -2.29. The van der Waals surface area contributed by atoms with E-state index in [9.17, 15) is 0 Å². The molecule has 0 aliphatic heterocycles. The van der Waals surface area contributed by atoms with Crippen LogP contribution in [0, 0.1) is 6.92 Å². The largest absolute Gasteiger partial charge is 0.496 e. The van der Waals surface area contributed by atoms with Crippen molar-refractivity contribution < 1.29 is 14.2 Å². The molecule has 0 heterocycles. The van der Waals surface area contributed by atoms with Gasteiger partial charge in [-0.2, -0.15) is 0 Å². The first-order valence-electron chi connectivity index (χ1n) is 6.13. The molecule has 2 N–H and O–H groups in total. The van der Waals surface area contributed by atoms with E-state index in [2.05, 4.69) is 13.0 Å². The lowest BCUT2D eigenvalue weighted by Gasteiger charge is -2.15. The zero-order chi connectivity index (χ0) is 13.4. The summed E-state index contributed by atoms with van der Waals surface area (Å²) in [4.78, 5) is 0. The molecule has 1 aromatic carbocycles. The molecule has 0 bridgehead atoms. The molecule has 1 atom stereocenters. The lowest BCUT2D eigenvalue weighted by atomic mass is 10.0. The third-order valence-electron chi connectivity index (χ3n) is 2.68. The molecule has 0 saturated carbocycles. The molecule has 1 unspecified atom stereocenters. The Morgan fingerprint density at radius 1 is 1.22 bits per heavy atom. The van der Waals surface area contributed by atoms with Crippen molar-refractivity contribution in [3.63, 3.8) is 0 Å². The molecule has 0 fully saturated rings. The standard InChI is InChI=1S/C14H23NO3/c1-11-4-5-14(17-3)12(8-11)9-13(15)10-18-7-6-16-2/h4-5,8,13H,6-7,9-10,15H2,1-3H3. The number of hydrogen-bond acceptors (Lipinski definition) is 4. The van der Waals surface area contributed by atoms with E-state index < -0.39 is 0 Å². The van der Waals surface area contributed by atoms with Gasteiger partial charge < -0.3 is 19.9 Å². The molecule has 4 nitrogen and oxygen atoms in total. The first-order chi connectivity index (χ1) is 8.67. The molecule has 0 saturated heterocycles. The molecular formula is C14H23NO3. The predicted molar refractivity (Wildman–Crippen MR) is 72.1 cm³/mol.